The fourth-order valence-corrected chi connectivity index (χ4v) is 1.68. The summed E-state index contributed by atoms with van der Waals surface area (Å²) in [5.41, 5.74) is 3.59. The van der Waals surface area contributed by atoms with Crippen LogP contribution in [0.3, 0.4) is 0 Å². The van der Waals surface area contributed by atoms with Gasteiger partial charge in [-0.25, -0.2) is 4.98 Å². The molecule has 1 heterocycles. The smallest absolute Gasteiger partial charge is 0.219 e. The monoisotopic (exact) mass is 291 g/mol. The van der Waals surface area contributed by atoms with Crippen molar-refractivity contribution in [3.05, 3.63) is 51.6 Å². The van der Waals surface area contributed by atoms with Crippen molar-refractivity contribution in [3.8, 4) is 11.6 Å². The third-order valence-electron chi connectivity index (χ3n) is 2.72. The second-order valence-corrected chi connectivity index (χ2v) is 4.97. The van der Waals surface area contributed by atoms with E-state index < -0.39 is 0 Å². The van der Waals surface area contributed by atoms with Gasteiger partial charge in [-0.05, 0) is 65.5 Å². The molecule has 2 nitrogen and oxygen atoms in total. The molecule has 0 radical (unpaired) electrons. The summed E-state index contributed by atoms with van der Waals surface area (Å²) in [7, 11) is 0. The third-order valence-corrected chi connectivity index (χ3v) is 3.55. The van der Waals surface area contributed by atoms with Crippen molar-refractivity contribution in [2.45, 2.75) is 20.8 Å². The van der Waals surface area contributed by atoms with Gasteiger partial charge in [-0.3, -0.25) is 0 Å². The first kappa shape index (κ1) is 12.1. The maximum absolute atomic E-state index is 5.72. The molecule has 0 fully saturated rings. The Labute approximate surface area is 110 Å². The largest absolute Gasteiger partial charge is 0.439 e. The number of aryl methyl sites for hydroxylation is 3. The highest BCUT2D eigenvalue weighted by atomic mass is 79.9. The standard InChI is InChI=1S/C14H14BrNO/c1-9-4-5-12(6-10(9)2)17-14-7-11(3)13(15)8-16-14/h4-8H,1-3H3. The molecule has 17 heavy (non-hydrogen) atoms. The van der Waals surface area contributed by atoms with Crippen LogP contribution in [0.1, 0.15) is 16.7 Å². The quantitative estimate of drug-likeness (QED) is 0.809. The van der Waals surface area contributed by atoms with Gasteiger partial charge in [0.05, 0.1) is 0 Å². The minimum absolute atomic E-state index is 0.619. The SMILES string of the molecule is Cc1ccc(Oc2cc(C)c(Br)cn2)cc1C. The van der Waals surface area contributed by atoms with Crippen LogP contribution < -0.4 is 4.74 Å². The molecule has 3 heteroatoms. The van der Waals surface area contributed by atoms with Crippen molar-refractivity contribution in [1.29, 1.82) is 0 Å². The van der Waals surface area contributed by atoms with E-state index in [4.69, 9.17) is 4.74 Å². The molecule has 88 valence electrons. The molecule has 2 rings (SSSR count). The summed E-state index contributed by atoms with van der Waals surface area (Å²) in [5.74, 6) is 1.44. The van der Waals surface area contributed by atoms with Gasteiger partial charge in [-0.1, -0.05) is 6.07 Å². The fraction of sp³-hybridized carbons (Fsp3) is 0.214. The summed E-state index contributed by atoms with van der Waals surface area (Å²) >= 11 is 3.42. The van der Waals surface area contributed by atoms with Gasteiger partial charge in [0.25, 0.3) is 0 Å². The van der Waals surface area contributed by atoms with Crippen molar-refractivity contribution in [2.75, 3.05) is 0 Å². The van der Waals surface area contributed by atoms with Gasteiger partial charge < -0.3 is 4.74 Å². The summed E-state index contributed by atoms with van der Waals surface area (Å²) in [4.78, 5) is 4.22. The molecule has 0 aliphatic carbocycles. The Morgan fingerprint density at radius 3 is 2.41 bits per heavy atom. The van der Waals surface area contributed by atoms with Crippen LogP contribution in [0.2, 0.25) is 0 Å². The lowest BCUT2D eigenvalue weighted by Gasteiger charge is -2.08. The molecule has 0 aliphatic rings. The Kier molecular flexibility index (Phi) is 3.48. The van der Waals surface area contributed by atoms with Crippen molar-refractivity contribution in [1.82, 2.24) is 4.98 Å². The van der Waals surface area contributed by atoms with Gasteiger partial charge in [-0.2, -0.15) is 0 Å². The molecule has 0 amide bonds. The fourth-order valence-electron chi connectivity index (χ4n) is 1.47. The molecule has 0 saturated carbocycles. The Hall–Kier alpha value is -1.35. The van der Waals surface area contributed by atoms with Gasteiger partial charge in [-0.15, -0.1) is 0 Å². The first-order valence-electron chi connectivity index (χ1n) is 5.43. The predicted molar refractivity (Wildman–Crippen MR) is 72.7 cm³/mol. The van der Waals surface area contributed by atoms with Crippen LogP contribution in [0, 0.1) is 20.8 Å². The summed E-state index contributed by atoms with van der Waals surface area (Å²) in [6, 6.07) is 7.95. The van der Waals surface area contributed by atoms with Crippen molar-refractivity contribution < 1.29 is 4.74 Å². The van der Waals surface area contributed by atoms with E-state index in [2.05, 4.69) is 40.8 Å². The van der Waals surface area contributed by atoms with Gasteiger partial charge >= 0.3 is 0 Å². The Bertz CT molecular complexity index is 502. The van der Waals surface area contributed by atoms with E-state index in [9.17, 15) is 0 Å². The molecule has 0 unspecified atom stereocenters. The van der Waals surface area contributed by atoms with E-state index in [1.54, 1.807) is 6.20 Å². The second-order valence-electron chi connectivity index (χ2n) is 4.12. The molecule has 0 N–H and O–H groups in total. The molecule has 1 aromatic carbocycles. The number of halogens is 1. The topological polar surface area (TPSA) is 22.1 Å². The van der Waals surface area contributed by atoms with E-state index in [0.29, 0.717) is 5.88 Å². The van der Waals surface area contributed by atoms with Gasteiger partial charge in [0.15, 0.2) is 0 Å². The summed E-state index contributed by atoms with van der Waals surface area (Å²) in [6.45, 7) is 6.17. The van der Waals surface area contributed by atoms with Crippen molar-refractivity contribution in [3.63, 3.8) is 0 Å². The molecule has 0 atom stereocenters. The second kappa shape index (κ2) is 4.88. The zero-order chi connectivity index (χ0) is 12.4. The van der Waals surface area contributed by atoms with E-state index in [1.165, 1.54) is 11.1 Å². The predicted octanol–water partition coefficient (Wildman–Crippen LogP) is 4.56. The minimum atomic E-state index is 0.619. The molecular weight excluding hydrogens is 278 g/mol. The number of pyridine rings is 1. The number of nitrogens with zero attached hydrogens (tertiary/aromatic N) is 1. The molecule has 0 aliphatic heterocycles. The zero-order valence-electron chi connectivity index (χ0n) is 10.1. The van der Waals surface area contributed by atoms with Gasteiger partial charge in [0, 0.05) is 16.7 Å². The Morgan fingerprint density at radius 1 is 1.00 bits per heavy atom. The highest BCUT2D eigenvalue weighted by Gasteiger charge is 2.02. The number of rotatable bonds is 2. The summed E-state index contributed by atoms with van der Waals surface area (Å²) in [5, 5.41) is 0. The van der Waals surface area contributed by atoms with Crippen molar-refractivity contribution >= 4 is 15.9 Å². The van der Waals surface area contributed by atoms with Crippen LogP contribution in [0.4, 0.5) is 0 Å². The highest BCUT2D eigenvalue weighted by Crippen LogP contribution is 2.25. The molecule has 1 aromatic heterocycles. The molecule has 2 aromatic rings. The average molecular weight is 292 g/mol. The number of benzene rings is 1. The lowest BCUT2D eigenvalue weighted by Crippen LogP contribution is -1.90. The highest BCUT2D eigenvalue weighted by molar-refractivity contribution is 9.10. The van der Waals surface area contributed by atoms with Crippen LogP contribution in [0.5, 0.6) is 11.6 Å². The zero-order valence-corrected chi connectivity index (χ0v) is 11.7. The molecule has 0 bridgehead atoms. The molecule has 0 saturated heterocycles. The summed E-state index contributed by atoms with van der Waals surface area (Å²) < 4.78 is 6.71. The Balaban J connectivity index is 2.25. The third kappa shape index (κ3) is 2.86. The Morgan fingerprint density at radius 2 is 1.76 bits per heavy atom. The van der Waals surface area contributed by atoms with Crippen LogP contribution in [-0.2, 0) is 0 Å². The van der Waals surface area contributed by atoms with E-state index in [-0.39, 0.29) is 0 Å². The first-order chi connectivity index (χ1) is 8.06. The van der Waals surface area contributed by atoms with Gasteiger partial charge in [0.1, 0.15) is 5.75 Å². The van der Waals surface area contributed by atoms with Crippen LogP contribution in [0.15, 0.2) is 34.9 Å². The lowest BCUT2D eigenvalue weighted by atomic mass is 10.1. The average Bonchev–Trinajstić information content (AvgIpc) is 2.29. The lowest BCUT2D eigenvalue weighted by molar-refractivity contribution is 0.462. The maximum atomic E-state index is 5.72. The van der Waals surface area contributed by atoms with Crippen molar-refractivity contribution in [2.24, 2.45) is 0 Å². The van der Waals surface area contributed by atoms with E-state index in [1.807, 2.05) is 25.1 Å². The minimum Gasteiger partial charge on any atom is -0.439 e. The van der Waals surface area contributed by atoms with E-state index in [0.717, 1.165) is 15.8 Å². The number of hydrogen-bond donors (Lipinski definition) is 0. The number of hydrogen-bond acceptors (Lipinski definition) is 2. The van der Waals surface area contributed by atoms with Crippen LogP contribution in [0.25, 0.3) is 0 Å². The first-order valence-corrected chi connectivity index (χ1v) is 6.23. The van der Waals surface area contributed by atoms with Crippen LogP contribution >= 0.6 is 15.9 Å². The van der Waals surface area contributed by atoms with E-state index >= 15 is 0 Å². The number of aromatic nitrogens is 1. The van der Waals surface area contributed by atoms with Gasteiger partial charge in [0.2, 0.25) is 5.88 Å². The maximum Gasteiger partial charge on any atom is 0.219 e. The molecule has 0 spiro atoms. The normalized spacial score (nSPS) is 10.4. The summed E-state index contributed by atoms with van der Waals surface area (Å²) in [6.07, 6.45) is 1.76. The van der Waals surface area contributed by atoms with Crippen LogP contribution in [-0.4, -0.2) is 4.98 Å². The molecular formula is C14H14BrNO. The number of ether oxygens (including phenoxy) is 1.